The summed E-state index contributed by atoms with van der Waals surface area (Å²) in [7, 11) is 0. The smallest absolute Gasteiger partial charge is 0.125 e. The molecule has 23 heavy (non-hydrogen) atoms. The van der Waals surface area contributed by atoms with Crippen LogP contribution in [-0.2, 0) is 0 Å². The van der Waals surface area contributed by atoms with Gasteiger partial charge in [-0.1, -0.05) is 67.9 Å². The highest BCUT2D eigenvalue weighted by molar-refractivity contribution is 7.99. The Hall–Kier alpha value is -0.640. The first-order chi connectivity index (χ1) is 11.2. The summed E-state index contributed by atoms with van der Waals surface area (Å²) in [6.07, 6.45) is 11.9. The molecule has 0 amide bonds. The van der Waals surface area contributed by atoms with Crippen LogP contribution < -0.4 is 0 Å². The second-order valence-electron chi connectivity index (χ2n) is 5.64. The quantitative estimate of drug-likeness (QED) is 0.341. The number of nitrogens with zero attached hydrogens (tertiary/aromatic N) is 2. The number of imidazole rings is 1. The Morgan fingerprint density at radius 3 is 2.52 bits per heavy atom. The van der Waals surface area contributed by atoms with Crippen molar-refractivity contribution in [3.05, 3.63) is 53.6 Å². The fraction of sp³-hybridized carbons (Fsp3) is 0.500. The molecule has 126 valence electrons. The Bertz CT molecular complexity index is 543. The Labute approximate surface area is 153 Å². The first-order valence-corrected chi connectivity index (χ1v) is 10.1. The molecule has 1 aromatic carbocycles. The van der Waals surface area contributed by atoms with E-state index in [1.54, 1.807) is 12.5 Å². The van der Waals surface area contributed by atoms with E-state index in [0.29, 0.717) is 0 Å². The molecule has 2 nitrogen and oxygen atoms in total. The van der Waals surface area contributed by atoms with Crippen LogP contribution >= 0.6 is 35.0 Å². The molecule has 0 fully saturated rings. The lowest BCUT2D eigenvalue weighted by Crippen LogP contribution is -2.10. The van der Waals surface area contributed by atoms with Gasteiger partial charge in [0.2, 0.25) is 0 Å². The van der Waals surface area contributed by atoms with E-state index in [2.05, 4.69) is 24.0 Å². The molecule has 1 aromatic heterocycles. The maximum absolute atomic E-state index is 6.72. The highest BCUT2D eigenvalue weighted by Gasteiger charge is 2.22. The number of halogens is 2. The summed E-state index contributed by atoms with van der Waals surface area (Å²) in [5, 5.41) is 0.945. The predicted molar refractivity (Wildman–Crippen MR) is 103 cm³/mol. The van der Waals surface area contributed by atoms with Crippen LogP contribution in [0.5, 0.6) is 0 Å². The van der Waals surface area contributed by atoms with E-state index in [1.165, 1.54) is 37.7 Å². The lowest BCUT2D eigenvalue weighted by atomic mass is 10.1. The molecule has 0 aliphatic carbocycles. The summed E-state index contributed by atoms with van der Waals surface area (Å²) in [5.74, 6) is 1.12. The number of unbranched alkanes of at least 4 members (excludes halogenated alkanes) is 4. The minimum atomic E-state index is -0.153. The largest absolute Gasteiger partial charge is 0.319 e. The second kappa shape index (κ2) is 10.3. The van der Waals surface area contributed by atoms with Crippen LogP contribution in [0.2, 0.25) is 5.02 Å². The van der Waals surface area contributed by atoms with E-state index in [1.807, 2.05) is 34.7 Å². The van der Waals surface area contributed by atoms with Crippen molar-refractivity contribution in [2.45, 2.75) is 49.8 Å². The fourth-order valence-corrected chi connectivity index (χ4v) is 4.35. The monoisotopic (exact) mass is 370 g/mol. The lowest BCUT2D eigenvalue weighted by molar-refractivity contribution is 0.644. The standard InChI is InChI=1S/C18H24Cl2N2S/c1-2-3-4-5-6-13-23-17(15-7-9-16(19)10-8-15)18(20)22-12-11-21-14-22/h7-12,14,17-18H,2-6,13H2,1H3. The average molecular weight is 371 g/mol. The van der Waals surface area contributed by atoms with Crippen LogP contribution in [0.25, 0.3) is 0 Å². The van der Waals surface area contributed by atoms with Crippen molar-refractivity contribution in [3.63, 3.8) is 0 Å². The zero-order chi connectivity index (χ0) is 16.5. The number of hydrogen-bond acceptors (Lipinski definition) is 2. The van der Waals surface area contributed by atoms with Gasteiger partial charge in [-0.05, 0) is 29.9 Å². The molecule has 2 rings (SSSR count). The van der Waals surface area contributed by atoms with Crippen molar-refractivity contribution in [1.29, 1.82) is 0 Å². The van der Waals surface area contributed by atoms with Crippen LogP contribution in [0, 0.1) is 0 Å². The number of benzene rings is 1. The molecule has 2 aromatic rings. The third-order valence-corrected chi connectivity index (χ3v) is 6.10. The third-order valence-electron chi connectivity index (χ3n) is 3.80. The first-order valence-electron chi connectivity index (χ1n) is 8.21. The van der Waals surface area contributed by atoms with Crippen LogP contribution in [0.3, 0.4) is 0 Å². The molecule has 0 radical (unpaired) electrons. The second-order valence-corrected chi connectivity index (χ2v) is 7.77. The Morgan fingerprint density at radius 1 is 1.13 bits per heavy atom. The van der Waals surface area contributed by atoms with E-state index >= 15 is 0 Å². The highest BCUT2D eigenvalue weighted by Crippen LogP contribution is 2.41. The van der Waals surface area contributed by atoms with Crippen molar-refractivity contribution in [2.24, 2.45) is 0 Å². The molecule has 2 atom stereocenters. The minimum absolute atomic E-state index is 0.153. The van der Waals surface area contributed by atoms with Gasteiger partial charge in [-0.2, -0.15) is 11.8 Å². The van der Waals surface area contributed by atoms with E-state index < -0.39 is 0 Å². The molecule has 0 saturated heterocycles. The molecule has 0 spiro atoms. The van der Waals surface area contributed by atoms with Crippen LogP contribution in [0.4, 0.5) is 0 Å². The third kappa shape index (κ3) is 6.06. The van der Waals surface area contributed by atoms with Gasteiger partial charge in [0.25, 0.3) is 0 Å². The zero-order valence-electron chi connectivity index (χ0n) is 13.5. The number of aromatic nitrogens is 2. The molecule has 5 heteroatoms. The summed E-state index contributed by atoms with van der Waals surface area (Å²) in [5.41, 5.74) is 1.06. The van der Waals surface area contributed by atoms with Crippen molar-refractivity contribution in [1.82, 2.24) is 9.55 Å². The fourth-order valence-electron chi connectivity index (χ4n) is 2.47. The van der Waals surface area contributed by atoms with E-state index in [9.17, 15) is 0 Å². The van der Waals surface area contributed by atoms with Gasteiger partial charge < -0.3 is 4.57 Å². The molecular weight excluding hydrogens is 347 g/mol. The highest BCUT2D eigenvalue weighted by atomic mass is 35.5. The molecule has 0 bridgehead atoms. The SMILES string of the molecule is CCCCCCCSC(c1ccc(Cl)cc1)C(Cl)n1ccnc1. The van der Waals surface area contributed by atoms with Crippen molar-refractivity contribution >= 4 is 35.0 Å². The molecule has 0 aliphatic rings. The number of alkyl halides is 1. The summed E-state index contributed by atoms with van der Waals surface area (Å²) in [4.78, 5) is 4.11. The van der Waals surface area contributed by atoms with Gasteiger partial charge in [-0.3, -0.25) is 0 Å². The summed E-state index contributed by atoms with van der Waals surface area (Å²) in [6.45, 7) is 2.24. The lowest BCUT2D eigenvalue weighted by Gasteiger charge is -2.23. The van der Waals surface area contributed by atoms with Crippen LogP contribution in [-0.4, -0.2) is 15.3 Å². The Kier molecular flexibility index (Phi) is 8.35. The molecule has 2 unspecified atom stereocenters. The van der Waals surface area contributed by atoms with Gasteiger partial charge in [0.15, 0.2) is 0 Å². The number of thioether (sulfide) groups is 1. The van der Waals surface area contributed by atoms with Crippen molar-refractivity contribution in [2.75, 3.05) is 5.75 Å². The van der Waals surface area contributed by atoms with E-state index in [0.717, 1.165) is 10.8 Å². The van der Waals surface area contributed by atoms with Gasteiger partial charge in [-0.25, -0.2) is 4.98 Å². The topological polar surface area (TPSA) is 17.8 Å². The molecular formula is C18H24Cl2N2S. The van der Waals surface area contributed by atoms with E-state index in [-0.39, 0.29) is 10.8 Å². The van der Waals surface area contributed by atoms with E-state index in [4.69, 9.17) is 23.2 Å². The zero-order valence-corrected chi connectivity index (χ0v) is 15.8. The Morgan fingerprint density at radius 2 is 1.87 bits per heavy atom. The first kappa shape index (κ1) is 18.7. The minimum Gasteiger partial charge on any atom is -0.319 e. The van der Waals surface area contributed by atoms with Crippen LogP contribution in [0.1, 0.15) is 55.3 Å². The summed E-state index contributed by atoms with van der Waals surface area (Å²) < 4.78 is 1.96. The van der Waals surface area contributed by atoms with Gasteiger partial charge in [0, 0.05) is 17.4 Å². The maximum atomic E-state index is 6.72. The van der Waals surface area contributed by atoms with Gasteiger partial charge >= 0.3 is 0 Å². The van der Waals surface area contributed by atoms with Crippen molar-refractivity contribution in [3.8, 4) is 0 Å². The number of rotatable bonds is 10. The van der Waals surface area contributed by atoms with Gasteiger partial charge in [-0.15, -0.1) is 0 Å². The molecule has 1 heterocycles. The van der Waals surface area contributed by atoms with Crippen LogP contribution in [0.15, 0.2) is 43.0 Å². The van der Waals surface area contributed by atoms with Gasteiger partial charge in [0.05, 0.1) is 11.6 Å². The normalized spacial score (nSPS) is 13.9. The summed E-state index contributed by atoms with van der Waals surface area (Å²) >= 11 is 14.7. The molecule has 0 aliphatic heterocycles. The summed E-state index contributed by atoms with van der Waals surface area (Å²) in [6, 6.07) is 8.01. The average Bonchev–Trinajstić information content (AvgIpc) is 3.09. The molecule has 0 N–H and O–H groups in total. The van der Waals surface area contributed by atoms with Gasteiger partial charge in [0.1, 0.15) is 5.50 Å². The van der Waals surface area contributed by atoms with Crippen molar-refractivity contribution < 1.29 is 0 Å². The maximum Gasteiger partial charge on any atom is 0.125 e. The number of hydrogen-bond donors (Lipinski definition) is 0. The Balaban J connectivity index is 1.98. The molecule has 0 saturated carbocycles. The predicted octanol–water partition coefficient (Wildman–Crippen LogP) is 6.72.